The van der Waals surface area contributed by atoms with Crippen LogP contribution in [-0.4, -0.2) is 14.4 Å². The van der Waals surface area contributed by atoms with Crippen LogP contribution in [0.5, 0.6) is 11.5 Å². The molecule has 6 heteroatoms. The van der Waals surface area contributed by atoms with E-state index in [1.54, 1.807) is 60.7 Å². The number of para-hydroxylation sites is 1. The average molecular weight is 406 g/mol. The van der Waals surface area contributed by atoms with Crippen molar-refractivity contribution in [2.75, 3.05) is 0 Å². The SMILES string of the molecule is Cc1ccc(OC(=O)C2=CCc3c2cccc3S(=O)(=O)Oc2ccccc2)cc1. The number of esters is 1. The van der Waals surface area contributed by atoms with Crippen molar-refractivity contribution in [2.45, 2.75) is 18.2 Å². The summed E-state index contributed by atoms with van der Waals surface area (Å²) in [4.78, 5) is 12.7. The highest BCUT2D eigenvalue weighted by atomic mass is 32.2. The number of benzene rings is 3. The molecule has 1 aliphatic carbocycles. The van der Waals surface area contributed by atoms with E-state index >= 15 is 0 Å². The van der Waals surface area contributed by atoms with Crippen LogP contribution in [-0.2, 0) is 21.3 Å². The van der Waals surface area contributed by atoms with Crippen molar-refractivity contribution in [1.82, 2.24) is 0 Å². The number of rotatable bonds is 5. The third-order valence-corrected chi connectivity index (χ3v) is 5.94. The van der Waals surface area contributed by atoms with Crippen molar-refractivity contribution in [3.8, 4) is 11.5 Å². The van der Waals surface area contributed by atoms with Crippen LogP contribution in [0.3, 0.4) is 0 Å². The molecule has 146 valence electrons. The zero-order valence-corrected chi connectivity index (χ0v) is 16.5. The predicted octanol–water partition coefficient (Wildman–Crippen LogP) is 4.31. The lowest BCUT2D eigenvalue weighted by molar-refractivity contribution is -0.127. The van der Waals surface area contributed by atoms with Gasteiger partial charge in [-0.25, -0.2) is 4.79 Å². The Hall–Kier alpha value is -3.38. The summed E-state index contributed by atoms with van der Waals surface area (Å²) in [7, 11) is -4.04. The normalized spacial score (nSPS) is 12.8. The van der Waals surface area contributed by atoms with Crippen molar-refractivity contribution >= 4 is 21.7 Å². The number of allylic oxidation sites excluding steroid dienone is 1. The Kier molecular flexibility index (Phi) is 4.94. The van der Waals surface area contributed by atoms with E-state index in [0.717, 1.165) is 5.56 Å². The van der Waals surface area contributed by atoms with Gasteiger partial charge in [-0.15, -0.1) is 0 Å². The molecule has 0 fully saturated rings. The monoisotopic (exact) mass is 406 g/mol. The molecule has 0 aliphatic heterocycles. The van der Waals surface area contributed by atoms with Crippen molar-refractivity contribution in [1.29, 1.82) is 0 Å². The van der Waals surface area contributed by atoms with Crippen molar-refractivity contribution < 1.29 is 22.1 Å². The summed E-state index contributed by atoms with van der Waals surface area (Å²) in [6.07, 6.45) is 1.99. The van der Waals surface area contributed by atoms with Gasteiger partial charge in [-0.05, 0) is 54.8 Å². The van der Waals surface area contributed by atoms with Gasteiger partial charge in [-0.1, -0.05) is 54.1 Å². The lowest BCUT2D eigenvalue weighted by atomic mass is 10.1. The number of fused-ring (bicyclic) bond motifs is 1. The molecule has 0 amide bonds. The lowest BCUT2D eigenvalue weighted by Gasteiger charge is -2.12. The zero-order chi connectivity index (χ0) is 20.4. The smallest absolute Gasteiger partial charge is 0.343 e. The highest BCUT2D eigenvalue weighted by Crippen LogP contribution is 2.34. The Balaban J connectivity index is 1.61. The van der Waals surface area contributed by atoms with E-state index < -0.39 is 16.1 Å². The van der Waals surface area contributed by atoms with E-state index in [-0.39, 0.29) is 10.6 Å². The molecule has 0 radical (unpaired) electrons. The van der Waals surface area contributed by atoms with E-state index in [1.807, 2.05) is 19.1 Å². The fraction of sp³-hybridized carbons (Fsp3) is 0.0870. The second-order valence-corrected chi connectivity index (χ2v) is 8.17. The molecule has 0 saturated heterocycles. The molecule has 5 nitrogen and oxygen atoms in total. The van der Waals surface area contributed by atoms with Gasteiger partial charge in [0.05, 0.1) is 5.57 Å². The number of ether oxygens (including phenoxy) is 1. The van der Waals surface area contributed by atoms with E-state index in [9.17, 15) is 13.2 Å². The van der Waals surface area contributed by atoms with Gasteiger partial charge in [-0.3, -0.25) is 0 Å². The summed E-state index contributed by atoms with van der Waals surface area (Å²) in [6, 6.07) is 20.3. The van der Waals surface area contributed by atoms with Gasteiger partial charge in [0.25, 0.3) is 0 Å². The molecule has 0 N–H and O–H groups in total. The topological polar surface area (TPSA) is 69.7 Å². The Labute approximate surface area is 169 Å². The van der Waals surface area contributed by atoms with Gasteiger partial charge in [0.1, 0.15) is 16.4 Å². The molecule has 1 aliphatic rings. The number of hydrogen-bond acceptors (Lipinski definition) is 5. The first-order valence-corrected chi connectivity index (χ1v) is 10.5. The largest absolute Gasteiger partial charge is 0.423 e. The quantitative estimate of drug-likeness (QED) is 0.359. The first-order chi connectivity index (χ1) is 13.9. The van der Waals surface area contributed by atoms with Gasteiger partial charge in [0.2, 0.25) is 0 Å². The third-order valence-electron chi connectivity index (χ3n) is 4.60. The second-order valence-electron chi connectivity index (χ2n) is 6.66. The number of carbonyl (C=O) groups is 1. The van der Waals surface area contributed by atoms with Crippen LogP contribution in [0.25, 0.3) is 5.57 Å². The number of hydrogen-bond donors (Lipinski definition) is 0. The molecule has 4 rings (SSSR count). The van der Waals surface area contributed by atoms with Crippen LogP contribution in [0.4, 0.5) is 0 Å². The van der Waals surface area contributed by atoms with Crippen molar-refractivity contribution in [3.05, 3.63) is 95.6 Å². The lowest BCUT2D eigenvalue weighted by Crippen LogP contribution is -2.13. The fourth-order valence-electron chi connectivity index (χ4n) is 3.19. The Morgan fingerprint density at radius 3 is 2.31 bits per heavy atom. The van der Waals surface area contributed by atoms with Crippen molar-refractivity contribution in [3.63, 3.8) is 0 Å². The fourth-order valence-corrected chi connectivity index (χ4v) is 4.38. The Bertz CT molecular complexity index is 1190. The summed E-state index contributed by atoms with van der Waals surface area (Å²) in [5, 5.41) is 0. The molecule has 0 bridgehead atoms. The van der Waals surface area contributed by atoms with Gasteiger partial charge in [0.15, 0.2) is 0 Å². The minimum Gasteiger partial charge on any atom is -0.423 e. The van der Waals surface area contributed by atoms with Gasteiger partial charge < -0.3 is 8.92 Å². The molecule has 3 aromatic rings. The summed E-state index contributed by atoms with van der Waals surface area (Å²) in [5.74, 6) is 0.146. The minimum absolute atomic E-state index is 0.0493. The summed E-state index contributed by atoms with van der Waals surface area (Å²) >= 11 is 0. The molecular weight excluding hydrogens is 388 g/mol. The predicted molar refractivity (Wildman–Crippen MR) is 109 cm³/mol. The van der Waals surface area contributed by atoms with Crippen LogP contribution in [0, 0.1) is 6.92 Å². The molecule has 0 unspecified atom stereocenters. The Morgan fingerprint density at radius 2 is 1.59 bits per heavy atom. The maximum absolute atomic E-state index is 12.8. The number of aryl methyl sites for hydroxylation is 1. The maximum atomic E-state index is 12.8. The van der Waals surface area contributed by atoms with Crippen LogP contribution in [0.1, 0.15) is 16.7 Å². The first-order valence-electron chi connectivity index (χ1n) is 9.05. The van der Waals surface area contributed by atoms with Crippen LogP contribution < -0.4 is 8.92 Å². The highest BCUT2D eigenvalue weighted by Gasteiger charge is 2.29. The molecule has 0 spiro atoms. The minimum atomic E-state index is -4.04. The van der Waals surface area contributed by atoms with E-state index in [1.165, 1.54) is 6.07 Å². The van der Waals surface area contributed by atoms with Crippen LogP contribution in [0.15, 0.2) is 83.8 Å². The second kappa shape index (κ2) is 7.56. The van der Waals surface area contributed by atoms with Crippen molar-refractivity contribution in [2.24, 2.45) is 0 Å². The summed E-state index contributed by atoms with van der Waals surface area (Å²) in [6.45, 7) is 1.95. The molecule has 0 saturated carbocycles. The average Bonchev–Trinajstić information content (AvgIpc) is 3.14. The molecular formula is C23H18O5S. The highest BCUT2D eigenvalue weighted by molar-refractivity contribution is 7.87. The summed E-state index contributed by atoms with van der Waals surface area (Å²) in [5.41, 5.74) is 2.47. The first kappa shape index (κ1) is 19.0. The molecule has 29 heavy (non-hydrogen) atoms. The molecule has 0 atom stereocenters. The van der Waals surface area contributed by atoms with Gasteiger partial charge in [-0.2, -0.15) is 8.42 Å². The van der Waals surface area contributed by atoms with E-state index in [4.69, 9.17) is 8.92 Å². The number of carbonyl (C=O) groups excluding carboxylic acids is 1. The maximum Gasteiger partial charge on any atom is 0.343 e. The molecule has 0 aromatic heterocycles. The molecule has 0 heterocycles. The van der Waals surface area contributed by atoms with Gasteiger partial charge >= 0.3 is 16.1 Å². The van der Waals surface area contributed by atoms with E-state index in [2.05, 4.69) is 0 Å². The van der Waals surface area contributed by atoms with Crippen LogP contribution in [0.2, 0.25) is 0 Å². The van der Waals surface area contributed by atoms with E-state index in [0.29, 0.717) is 28.9 Å². The third kappa shape index (κ3) is 3.93. The zero-order valence-electron chi connectivity index (χ0n) is 15.7. The van der Waals surface area contributed by atoms with Gasteiger partial charge in [0, 0.05) is 0 Å². The standard InChI is InChI=1S/C23H18O5S/c1-16-10-12-17(13-11-16)27-23(24)21-15-14-20-19(21)8-5-9-22(20)29(25,26)28-18-6-3-2-4-7-18/h2-13,15H,14H2,1H3. The molecule has 3 aromatic carbocycles. The van der Waals surface area contributed by atoms with Crippen LogP contribution >= 0.6 is 0 Å². The Morgan fingerprint density at radius 1 is 0.862 bits per heavy atom. The summed E-state index contributed by atoms with van der Waals surface area (Å²) < 4.78 is 36.3.